The Hall–Kier alpha value is -2.22. The van der Waals surface area contributed by atoms with E-state index in [1.165, 1.54) is 12.8 Å². The number of piperazine rings is 1. The van der Waals surface area contributed by atoms with Crippen LogP contribution < -0.4 is 15.5 Å². The molecule has 1 aliphatic carbocycles. The Bertz CT molecular complexity index is 642. The molecule has 2 N–H and O–H groups in total. The topological polar surface area (TPSA) is 90.5 Å². The van der Waals surface area contributed by atoms with Crippen LogP contribution in [0.3, 0.4) is 0 Å². The molecule has 1 saturated heterocycles. The van der Waals surface area contributed by atoms with Crippen LogP contribution in [0.2, 0.25) is 0 Å². The Morgan fingerprint density at radius 1 is 1.15 bits per heavy atom. The molecule has 2 atom stereocenters. The number of nitrogens with zero attached hydrogens (tertiary/aromatic N) is 4. The summed E-state index contributed by atoms with van der Waals surface area (Å²) in [7, 11) is 1.57. The average Bonchev–Trinajstić information content (AvgIpc) is 2.68. The summed E-state index contributed by atoms with van der Waals surface area (Å²) in [5.74, 6) is 1.38. The zero-order chi connectivity index (χ0) is 19.2. The maximum atomic E-state index is 12.3. The Kier molecular flexibility index (Phi) is 6.60. The monoisotopic (exact) mass is 374 g/mol. The number of hydrogen-bond donors (Lipinski definition) is 2. The lowest BCUT2D eigenvalue weighted by Crippen LogP contribution is -2.51. The van der Waals surface area contributed by atoms with Gasteiger partial charge in [0.1, 0.15) is 0 Å². The Morgan fingerprint density at radius 3 is 2.56 bits per heavy atom. The average molecular weight is 374 g/mol. The first-order valence-electron chi connectivity index (χ1n) is 9.87. The molecule has 1 saturated carbocycles. The largest absolute Gasteiger partial charge is 0.354 e. The van der Waals surface area contributed by atoms with Gasteiger partial charge in [-0.25, -0.2) is 0 Å². The summed E-state index contributed by atoms with van der Waals surface area (Å²) in [4.78, 5) is 28.2. The van der Waals surface area contributed by atoms with Crippen molar-refractivity contribution in [1.29, 1.82) is 0 Å². The number of aromatic nitrogens is 2. The number of carbonyl (C=O) groups excluding carboxylic acids is 2. The van der Waals surface area contributed by atoms with Crippen molar-refractivity contribution in [1.82, 2.24) is 25.7 Å². The van der Waals surface area contributed by atoms with Gasteiger partial charge in [0, 0.05) is 39.3 Å². The van der Waals surface area contributed by atoms with E-state index in [1.54, 1.807) is 13.1 Å². The Labute approximate surface area is 160 Å². The van der Waals surface area contributed by atoms with Gasteiger partial charge in [0.25, 0.3) is 5.91 Å². The number of carbonyl (C=O) groups is 2. The van der Waals surface area contributed by atoms with E-state index in [-0.39, 0.29) is 11.8 Å². The molecule has 148 valence electrons. The van der Waals surface area contributed by atoms with Gasteiger partial charge in [0.05, 0.1) is 6.54 Å². The standard InChI is InChI=1S/C19H30N6O2/c1-14-4-3-5-15(12-14)21-18(26)13-24-8-10-25(11-9-24)17-7-6-16(22-23-17)19(27)20-2/h6-7,14-15H,3-5,8-13H2,1-2H3,(H,20,27)(H,21,26). The van der Waals surface area contributed by atoms with Gasteiger partial charge in [-0.3, -0.25) is 14.5 Å². The molecule has 1 aromatic heterocycles. The summed E-state index contributed by atoms with van der Waals surface area (Å²) < 4.78 is 0. The van der Waals surface area contributed by atoms with Gasteiger partial charge in [-0.15, -0.1) is 10.2 Å². The van der Waals surface area contributed by atoms with E-state index in [1.807, 2.05) is 6.07 Å². The van der Waals surface area contributed by atoms with Crippen molar-refractivity contribution >= 4 is 17.6 Å². The summed E-state index contributed by atoms with van der Waals surface area (Å²) in [5, 5.41) is 13.9. The fourth-order valence-corrected chi connectivity index (χ4v) is 3.92. The van der Waals surface area contributed by atoms with Crippen LogP contribution in [0.1, 0.15) is 43.1 Å². The zero-order valence-corrected chi connectivity index (χ0v) is 16.3. The fourth-order valence-electron chi connectivity index (χ4n) is 3.92. The van der Waals surface area contributed by atoms with E-state index >= 15 is 0 Å². The summed E-state index contributed by atoms with van der Waals surface area (Å²) in [6.07, 6.45) is 4.70. The van der Waals surface area contributed by atoms with Crippen molar-refractivity contribution < 1.29 is 9.59 Å². The van der Waals surface area contributed by atoms with Gasteiger partial charge in [-0.1, -0.05) is 19.8 Å². The third-order valence-corrected chi connectivity index (χ3v) is 5.48. The van der Waals surface area contributed by atoms with Crippen LogP contribution in [0, 0.1) is 5.92 Å². The summed E-state index contributed by atoms with van der Waals surface area (Å²) in [5.41, 5.74) is 0.314. The minimum Gasteiger partial charge on any atom is -0.354 e. The Morgan fingerprint density at radius 2 is 1.93 bits per heavy atom. The van der Waals surface area contributed by atoms with E-state index in [4.69, 9.17) is 0 Å². The summed E-state index contributed by atoms with van der Waals surface area (Å²) in [6.45, 7) is 5.94. The molecule has 8 nitrogen and oxygen atoms in total. The van der Waals surface area contributed by atoms with Crippen LogP contribution in [0.25, 0.3) is 0 Å². The van der Waals surface area contributed by atoms with Crippen molar-refractivity contribution in [2.24, 2.45) is 5.92 Å². The van der Waals surface area contributed by atoms with Gasteiger partial charge >= 0.3 is 0 Å². The molecule has 2 amide bonds. The molecule has 0 radical (unpaired) electrons. The molecule has 2 fully saturated rings. The smallest absolute Gasteiger partial charge is 0.271 e. The predicted octanol–water partition coefficient (Wildman–Crippen LogP) is 0.653. The molecule has 2 unspecified atom stereocenters. The lowest BCUT2D eigenvalue weighted by atomic mass is 9.87. The predicted molar refractivity (Wildman–Crippen MR) is 104 cm³/mol. The molecule has 1 aromatic rings. The number of rotatable bonds is 5. The maximum Gasteiger partial charge on any atom is 0.271 e. The first-order valence-corrected chi connectivity index (χ1v) is 9.87. The van der Waals surface area contributed by atoms with Gasteiger partial charge < -0.3 is 15.5 Å². The van der Waals surface area contributed by atoms with Crippen LogP contribution in [-0.4, -0.2) is 72.7 Å². The zero-order valence-electron chi connectivity index (χ0n) is 16.3. The maximum absolute atomic E-state index is 12.3. The summed E-state index contributed by atoms with van der Waals surface area (Å²) in [6, 6.07) is 3.85. The van der Waals surface area contributed by atoms with Crippen molar-refractivity contribution in [2.45, 2.75) is 38.6 Å². The highest BCUT2D eigenvalue weighted by Gasteiger charge is 2.23. The SMILES string of the molecule is CNC(=O)c1ccc(N2CCN(CC(=O)NC3CCCC(C)C3)CC2)nn1. The lowest BCUT2D eigenvalue weighted by Gasteiger charge is -2.35. The van der Waals surface area contributed by atoms with E-state index in [0.717, 1.165) is 44.8 Å². The molecule has 1 aliphatic heterocycles. The van der Waals surface area contributed by atoms with Crippen molar-refractivity contribution in [3.8, 4) is 0 Å². The van der Waals surface area contributed by atoms with Crippen LogP contribution >= 0.6 is 0 Å². The molecule has 0 aromatic carbocycles. The van der Waals surface area contributed by atoms with Gasteiger partial charge in [-0.05, 0) is 30.9 Å². The molecule has 2 heterocycles. The molecule has 0 spiro atoms. The van der Waals surface area contributed by atoms with Crippen LogP contribution in [0.5, 0.6) is 0 Å². The second kappa shape index (κ2) is 9.12. The fraction of sp³-hybridized carbons (Fsp3) is 0.684. The normalized spacial score (nSPS) is 23.7. The quantitative estimate of drug-likeness (QED) is 0.787. The van der Waals surface area contributed by atoms with Crippen LogP contribution in [0.15, 0.2) is 12.1 Å². The van der Waals surface area contributed by atoms with Gasteiger partial charge in [0.15, 0.2) is 11.5 Å². The number of anilines is 1. The van der Waals surface area contributed by atoms with Gasteiger partial charge in [0.2, 0.25) is 5.91 Å². The highest BCUT2D eigenvalue weighted by atomic mass is 16.2. The van der Waals surface area contributed by atoms with E-state index < -0.39 is 0 Å². The number of hydrogen-bond acceptors (Lipinski definition) is 6. The highest BCUT2D eigenvalue weighted by Crippen LogP contribution is 2.23. The molecule has 2 aliphatic rings. The van der Waals surface area contributed by atoms with E-state index in [2.05, 4.69) is 37.6 Å². The third-order valence-electron chi connectivity index (χ3n) is 5.48. The first-order chi connectivity index (χ1) is 13.0. The van der Waals surface area contributed by atoms with Crippen molar-refractivity contribution in [3.63, 3.8) is 0 Å². The molecule has 27 heavy (non-hydrogen) atoms. The van der Waals surface area contributed by atoms with Crippen LogP contribution in [0.4, 0.5) is 5.82 Å². The Balaban J connectivity index is 1.43. The van der Waals surface area contributed by atoms with Crippen molar-refractivity contribution in [3.05, 3.63) is 17.8 Å². The minimum atomic E-state index is -0.239. The number of amides is 2. The van der Waals surface area contributed by atoms with Crippen molar-refractivity contribution in [2.75, 3.05) is 44.7 Å². The number of nitrogens with one attached hydrogen (secondary N) is 2. The molecular formula is C19H30N6O2. The molecule has 8 heteroatoms. The molecular weight excluding hydrogens is 344 g/mol. The summed E-state index contributed by atoms with van der Waals surface area (Å²) >= 11 is 0. The molecule has 0 bridgehead atoms. The molecule has 3 rings (SSSR count). The minimum absolute atomic E-state index is 0.136. The lowest BCUT2D eigenvalue weighted by molar-refractivity contribution is -0.123. The highest BCUT2D eigenvalue weighted by molar-refractivity contribution is 5.91. The van der Waals surface area contributed by atoms with Gasteiger partial charge in [-0.2, -0.15) is 0 Å². The first kappa shape index (κ1) is 19.5. The van der Waals surface area contributed by atoms with E-state index in [0.29, 0.717) is 24.2 Å². The van der Waals surface area contributed by atoms with E-state index in [9.17, 15) is 9.59 Å². The second-order valence-corrected chi connectivity index (χ2v) is 7.66. The van der Waals surface area contributed by atoms with Crippen LogP contribution in [-0.2, 0) is 4.79 Å². The third kappa shape index (κ3) is 5.38. The second-order valence-electron chi connectivity index (χ2n) is 7.66.